The summed E-state index contributed by atoms with van der Waals surface area (Å²) < 4.78 is 4.88. The first-order valence-electron chi connectivity index (χ1n) is 6.24. The van der Waals surface area contributed by atoms with E-state index < -0.39 is 11.5 Å². The number of hydrogen-bond donors (Lipinski definition) is 2. The Morgan fingerprint density at radius 1 is 1.39 bits per heavy atom. The Bertz CT molecular complexity index is 300. The van der Waals surface area contributed by atoms with E-state index in [0.717, 1.165) is 25.7 Å². The third-order valence-electron chi connectivity index (χ3n) is 3.35. The minimum absolute atomic E-state index is 0.196. The molecule has 0 atom stereocenters. The smallest absolute Gasteiger partial charge is 0.323 e. The number of aliphatic carboxylic acids is 1. The zero-order chi connectivity index (χ0) is 13.6. The van der Waals surface area contributed by atoms with Crippen LogP contribution in [0, 0.1) is 0 Å². The highest BCUT2D eigenvalue weighted by molar-refractivity contribution is 5.82. The highest BCUT2D eigenvalue weighted by atomic mass is 16.5. The molecule has 0 bridgehead atoms. The molecule has 0 aliphatic heterocycles. The molecule has 0 heterocycles. The lowest BCUT2D eigenvalue weighted by molar-refractivity contribution is -0.145. The molecule has 3 N–H and O–H groups in total. The van der Waals surface area contributed by atoms with Gasteiger partial charge in [0.1, 0.15) is 6.54 Å². The molecule has 1 rings (SSSR count). The summed E-state index contributed by atoms with van der Waals surface area (Å²) in [5.41, 5.74) is 5.69. The summed E-state index contributed by atoms with van der Waals surface area (Å²) in [5, 5.41) is 8.79. The molecule has 104 valence electrons. The minimum Gasteiger partial charge on any atom is -0.480 e. The van der Waals surface area contributed by atoms with Crippen LogP contribution in [0.2, 0.25) is 0 Å². The molecule has 0 unspecified atom stereocenters. The van der Waals surface area contributed by atoms with Crippen molar-refractivity contribution < 1.29 is 19.4 Å². The normalized spacial score (nSPS) is 17.7. The first-order valence-corrected chi connectivity index (χ1v) is 6.24. The number of amides is 1. The highest BCUT2D eigenvalue weighted by Crippen LogP contribution is 2.30. The minimum atomic E-state index is -1.02. The molecule has 0 aromatic heterocycles. The number of carbonyl (C=O) groups is 2. The maximum atomic E-state index is 12.1. The van der Waals surface area contributed by atoms with Gasteiger partial charge in [-0.3, -0.25) is 9.59 Å². The van der Waals surface area contributed by atoms with Gasteiger partial charge in [0.25, 0.3) is 0 Å². The van der Waals surface area contributed by atoms with Crippen LogP contribution in [-0.2, 0) is 14.3 Å². The van der Waals surface area contributed by atoms with E-state index in [1.165, 1.54) is 12.0 Å². The van der Waals surface area contributed by atoms with Crippen molar-refractivity contribution in [1.82, 2.24) is 4.90 Å². The van der Waals surface area contributed by atoms with E-state index >= 15 is 0 Å². The Kier molecular flexibility index (Phi) is 5.55. The van der Waals surface area contributed by atoms with Crippen molar-refractivity contribution in [2.24, 2.45) is 5.73 Å². The lowest BCUT2D eigenvalue weighted by atomic mass is 9.94. The summed E-state index contributed by atoms with van der Waals surface area (Å²) in [7, 11) is 1.52. The Hall–Kier alpha value is -1.14. The second-order valence-corrected chi connectivity index (χ2v) is 4.95. The zero-order valence-electron chi connectivity index (χ0n) is 10.9. The van der Waals surface area contributed by atoms with Gasteiger partial charge in [0, 0.05) is 25.6 Å². The van der Waals surface area contributed by atoms with E-state index in [1.807, 2.05) is 0 Å². The van der Waals surface area contributed by atoms with E-state index in [1.54, 1.807) is 0 Å². The van der Waals surface area contributed by atoms with Crippen LogP contribution < -0.4 is 5.73 Å². The molecular formula is C12H22N2O4. The summed E-state index contributed by atoms with van der Waals surface area (Å²) in [5.74, 6) is -1.21. The van der Waals surface area contributed by atoms with Gasteiger partial charge in [0.15, 0.2) is 0 Å². The lowest BCUT2D eigenvalue weighted by Gasteiger charge is -2.27. The van der Waals surface area contributed by atoms with E-state index in [-0.39, 0.29) is 25.4 Å². The van der Waals surface area contributed by atoms with Crippen LogP contribution in [0.5, 0.6) is 0 Å². The van der Waals surface area contributed by atoms with Crippen LogP contribution in [0.1, 0.15) is 32.1 Å². The number of carboxylic acid groups (broad SMARTS) is 1. The van der Waals surface area contributed by atoms with Crippen molar-refractivity contribution in [2.45, 2.75) is 37.6 Å². The van der Waals surface area contributed by atoms with Crippen molar-refractivity contribution in [2.75, 3.05) is 26.8 Å². The van der Waals surface area contributed by atoms with Crippen LogP contribution in [0.15, 0.2) is 0 Å². The van der Waals surface area contributed by atoms with Gasteiger partial charge in [-0.25, -0.2) is 0 Å². The Morgan fingerprint density at radius 2 is 2.00 bits per heavy atom. The summed E-state index contributed by atoms with van der Waals surface area (Å²) in [4.78, 5) is 24.1. The zero-order valence-corrected chi connectivity index (χ0v) is 10.9. The Morgan fingerprint density at radius 3 is 2.50 bits per heavy atom. The molecule has 0 saturated heterocycles. The topological polar surface area (TPSA) is 92.9 Å². The predicted molar refractivity (Wildman–Crippen MR) is 66.1 cm³/mol. The van der Waals surface area contributed by atoms with E-state index in [0.29, 0.717) is 6.61 Å². The van der Waals surface area contributed by atoms with Gasteiger partial charge < -0.3 is 20.5 Å². The quantitative estimate of drug-likeness (QED) is 0.681. The molecule has 0 spiro atoms. The average molecular weight is 258 g/mol. The van der Waals surface area contributed by atoms with Crippen LogP contribution >= 0.6 is 0 Å². The molecule has 1 aliphatic carbocycles. The molecule has 0 radical (unpaired) electrons. The SMILES string of the molecule is COCCN(CC(=O)O)C(=O)CC1(N)CCCC1. The highest BCUT2D eigenvalue weighted by Gasteiger charge is 2.33. The van der Waals surface area contributed by atoms with Crippen LogP contribution in [0.25, 0.3) is 0 Å². The van der Waals surface area contributed by atoms with Gasteiger partial charge in [0.2, 0.25) is 5.91 Å². The monoisotopic (exact) mass is 258 g/mol. The Balaban J connectivity index is 2.54. The molecule has 1 amide bonds. The second kappa shape index (κ2) is 6.70. The van der Waals surface area contributed by atoms with Gasteiger partial charge in [-0.15, -0.1) is 0 Å². The average Bonchev–Trinajstić information content (AvgIpc) is 2.70. The summed E-state index contributed by atoms with van der Waals surface area (Å²) in [6, 6.07) is 0. The molecule has 6 heteroatoms. The number of methoxy groups -OCH3 is 1. The number of hydrogen-bond acceptors (Lipinski definition) is 4. The van der Waals surface area contributed by atoms with Crippen LogP contribution in [0.3, 0.4) is 0 Å². The second-order valence-electron chi connectivity index (χ2n) is 4.95. The fourth-order valence-corrected chi connectivity index (χ4v) is 2.33. The van der Waals surface area contributed by atoms with E-state index in [4.69, 9.17) is 15.6 Å². The number of ether oxygens (including phenoxy) is 1. The fraction of sp³-hybridized carbons (Fsp3) is 0.833. The van der Waals surface area contributed by atoms with Crippen molar-refractivity contribution in [3.63, 3.8) is 0 Å². The molecular weight excluding hydrogens is 236 g/mol. The number of rotatable bonds is 7. The van der Waals surface area contributed by atoms with Gasteiger partial charge in [-0.1, -0.05) is 12.8 Å². The van der Waals surface area contributed by atoms with E-state index in [9.17, 15) is 9.59 Å². The summed E-state index contributed by atoms with van der Waals surface area (Å²) in [6.45, 7) is 0.326. The van der Waals surface area contributed by atoms with Crippen molar-refractivity contribution in [3.05, 3.63) is 0 Å². The number of nitrogens with two attached hydrogens (primary N) is 1. The van der Waals surface area contributed by atoms with Crippen LogP contribution in [0.4, 0.5) is 0 Å². The fourth-order valence-electron chi connectivity index (χ4n) is 2.33. The molecule has 0 aromatic rings. The third-order valence-corrected chi connectivity index (χ3v) is 3.35. The summed E-state index contributed by atoms with van der Waals surface area (Å²) >= 11 is 0. The van der Waals surface area contributed by atoms with Crippen molar-refractivity contribution in [1.29, 1.82) is 0 Å². The van der Waals surface area contributed by atoms with Crippen LogP contribution in [-0.4, -0.2) is 54.2 Å². The van der Waals surface area contributed by atoms with Crippen molar-refractivity contribution in [3.8, 4) is 0 Å². The largest absolute Gasteiger partial charge is 0.480 e. The molecule has 1 fully saturated rings. The van der Waals surface area contributed by atoms with Gasteiger partial charge in [-0.2, -0.15) is 0 Å². The molecule has 1 aliphatic rings. The van der Waals surface area contributed by atoms with E-state index in [2.05, 4.69) is 0 Å². The lowest BCUT2D eigenvalue weighted by Crippen LogP contribution is -2.45. The molecule has 6 nitrogen and oxygen atoms in total. The molecule has 18 heavy (non-hydrogen) atoms. The number of carboxylic acids is 1. The maximum absolute atomic E-state index is 12.1. The number of nitrogens with zero attached hydrogens (tertiary/aromatic N) is 1. The maximum Gasteiger partial charge on any atom is 0.323 e. The van der Waals surface area contributed by atoms with Crippen molar-refractivity contribution >= 4 is 11.9 Å². The van der Waals surface area contributed by atoms with Gasteiger partial charge in [0.05, 0.1) is 6.61 Å². The first kappa shape index (κ1) is 14.9. The summed E-state index contributed by atoms with van der Waals surface area (Å²) in [6.07, 6.45) is 3.99. The predicted octanol–water partition coefficient (Wildman–Crippen LogP) is 0.208. The third kappa shape index (κ3) is 4.62. The Labute approximate surface area is 107 Å². The molecule has 0 aromatic carbocycles. The number of carbonyl (C=O) groups excluding carboxylic acids is 1. The van der Waals surface area contributed by atoms with Gasteiger partial charge >= 0.3 is 5.97 Å². The molecule has 1 saturated carbocycles. The standard InChI is InChI=1S/C12H22N2O4/c1-18-7-6-14(9-11(16)17)10(15)8-12(13)4-2-3-5-12/h2-9,13H2,1H3,(H,16,17). The van der Waals surface area contributed by atoms with Gasteiger partial charge in [-0.05, 0) is 12.8 Å². The first-order chi connectivity index (χ1) is 8.47.